The van der Waals surface area contributed by atoms with Crippen molar-refractivity contribution >= 4 is 29.0 Å². The Bertz CT molecular complexity index is 835. The predicted molar refractivity (Wildman–Crippen MR) is 88.4 cm³/mol. The van der Waals surface area contributed by atoms with E-state index in [1.165, 1.54) is 12.1 Å². The Balaban J connectivity index is 1.55. The molecule has 3 rings (SSSR count). The Labute approximate surface area is 142 Å². The summed E-state index contributed by atoms with van der Waals surface area (Å²) in [6.45, 7) is -0.232. The molecule has 0 radical (unpaired) electrons. The number of amides is 2. The van der Waals surface area contributed by atoms with Gasteiger partial charge in [-0.25, -0.2) is 4.98 Å². The summed E-state index contributed by atoms with van der Waals surface area (Å²) < 4.78 is 5.43. The van der Waals surface area contributed by atoms with Crippen LogP contribution >= 0.6 is 0 Å². The number of nitrogens with zero attached hydrogens (tertiary/aromatic N) is 2. The Morgan fingerprint density at radius 2 is 2.16 bits per heavy atom. The maximum absolute atomic E-state index is 11.9. The molecule has 0 saturated carbocycles. The molecule has 128 valence electrons. The highest BCUT2D eigenvalue weighted by Crippen LogP contribution is 2.26. The highest BCUT2D eigenvalue weighted by atomic mass is 16.6. The number of hydrogen-bond donors (Lipinski definition) is 2. The molecular formula is C16H14N4O5. The van der Waals surface area contributed by atoms with Gasteiger partial charge in [0.05, 0.1) is 4.92 Å². The summed E-state index contributed by atoms with van der Waals surface area (Å²) in [5, 5.41) is 15.8. The van der Waals surface area contributed by atoms with Gasteiger partial charge in [-0.05, 0) is 36.2 Å². The lowest BCUT2D eigenvalue weighted by Gasteiger charge is -2.17. The van der Waals surface area contributed by atoms with Crippen LogP contribution in [0.1, 0.15) is 12.0 Å². The van der Waals surface area contributed by atoms with Crippen molar-refractivity contribution in [2.45, 2.75) is 12.8 Å². The zero-order chi connectivity index (χ0) is 17.8. The summed E-state index contributed by atoms with van der Waals surface area (Å²) in [6, 6.07) is 7.78. The van der Waals surface area contributed by atoms with Gasteiger partial charge in [-0.15, -0.1) is 0 Å². The number of ether oxygens (including phenoxy) is 1. The minimum Gasteiger partial charge on any atom is -0.484 e. The first-order valence-corrected chi connectivity index (χ1v) is 7.47. The fourth-order valence-corrected chi connectivity index (χ4v) is 2.35. The summed E-state index contributed by atoms with van der Waals surface area (Å²) in [7, 11) is 0. The molecule has 25 heavy (non-hydrogen) atoms. The van der Waals surface area contributed by atoms with Crippen molar-refractivity contribution in [3.8, 4) is 5.75 Å². The van der Waals surface area contributed by atoms with Crippen LogP contribution < -0.4 is 15.4 Å². The van der Waals surface area contributed by atoms with Gasteiger partial charge in [-0.1, -0.05) is 0 Å². The van der Waals surface area contributed by atoms with Crippen LogP contribution in [-0.2, 0) is 16.0 Å². The largest absolute Gasteiger partial charge is 0.484 e. The third-order valence-electron chi connectivity index (χ3n) is 3.57. The fourth-order valence-electron chi connectivity index (χ4n) is 2.35. The molecule has 0 spiro atoms. The van der Waals surface area contributed by atoms with E-state index in [9.17, 15) is 19.7 Å². The van der Waals surface area contributed by atoms with Gasteiger partial charge in [-0.2, -0.15) is 0 Å². The molecule has 2 N–H and O–H groups in total. The molecule has 2 heterocycles. The normalized spacial score (nSPS) is 12.7. The first-order chi connectivity index (χ1) is 12.0. The smallest absolute Gasteiger partial charge is 0.287 e. The molecule has 9 heteroatoms. The summed E-state index contributed by atoms with van der Waals surface area (Å²) in [6.07, 6.45) is 2.11. The third kappa shape index (κ3) is 4.08. The van der Waals surface area contributed by atoms with Crippen molar-refractivity contribution in [2.24, 2.45) is 0 Å². The number of hydrogen-bond acceptors (Lipinski definition) is 6. The first-order valence-electron chi connectivity index (χ1n) is 7.47. The van der Waals surface area contributed by atoms with Crippen molar-refractivity contribution in [3.63, 3.8) is 0 Å². The fraction of sp³-hybridized carbons (Fsp3) is 0.188. The van der Waals surface area contributed by atoms with Gasteiger partial charge in [0.25, 0.3) is 11.6 Å². The summed E-state index contributed by atoms with van der Waals surface area (Å²) >= 11 is 0. The first kappa shape index (κ1) is 16.4. The molecule has 0 saturated heterocycles. The summed E-state index contributed by atoms with van der Waals surface area (Å²) in [5.74, 6) is 0.262. The van der Waals surface area contributed by atoms with E-state index in [1.807, 2.05) is 0 Å². The van der Waals surface area contributed by atoms with Crippen molar-refractivity contribution in [2.75, 3.05) is 17.2 Å². The van der Waals surface area contributed by atoms with E-state index in [-0.39, 0.29) is 24.0 Å². The second-order valence-electron chi connectivity index (χ2n) is 5.36. The average molecular weight is 342 g/mol. The zero-order valence-electron chi connectivity index (χ0n) is 13.0. The standard InChI is InChI=1S/C16H14N4O5/c21-15-6-1-10-7-12(3-4-13(10)18-15)25-9-16(22)19-14-5-2-11(8-17-14)20(23)24/h2-5,7-8H,1,6,9H2,(H,18,21)(H,17,19,22). The van der Waals surface area contributed by atoms with Gasteiger partial charge in [0, 0.05) is 18.2 Å². The molecule has 1 aliphatic heterocycles. The zero-order valence-corrected chi connectivity index (χ0v) is 13.0. The molecule has 0 bridgehead atoms. The van der Waals surface area contributed by atoms with Gasteiger partial charge in [-0.3, -0.25) is 19.7 Å². The molecule has 0 atom stereocenters. The number of rotatable bonds is 5. The van der Waals surface area contributed by atoms with Gasteiger partial charge >= 0.3 is 0 Å². The van der Waals surface area contributed by atoms with Crippen LogP contribution in [-0.4, -0.2) is 28.3 Å². The molecule has 1 aromatic heterocycles. The van der Waals surface area contributed by atoms with Crippen molar-refractivity contribution in [1.82, 2.24) is 4.98 Å². The predicted octanol–water partition coefficient (Wildman–Crippen LogP) is 1.89. The van der Waals surface area contributed by atoms with E-state index in [0.29, 0.717) is 18.6 Å². The number of carbonyl (C=O) groups excluding carboxylic acids is 2. The number of aryl methyl sites for hydroxylation is 1. The Morgan fingerprint density at radius 1 is 1.32 bits per heavy atom. The van der Waals surface area contributed by atoms with Crippen LogP contribution in [0.5, 0.6) is 5.75 Å². The van der Waals surface area contributed by atoms with Crippen molar-refractivity contribution in [1.29, 1.82) is 0 Å². The highest BCUT2D eigenvalue weighted by Gasteiger charge is 2.15. The van der Waals surface area contributed by atoms with Gasteiger partial charge in [0.1, 0.15) is 17.8 Å². The third-order valence-corrected chi connectivity index (χ3v) is 3.57. The number of nitrogens with one attached hydrogen (secondary N) is 2. The van der Waals surface area contributed by atoms with Crippen LogP contribution in [0.3, 0.4) is 0 Å². The topological polar surface area (TPSA) is 123 Å². The lowest BCUT2D eigenvalue weighted by molar-refractivity contribution is -0.385. The van der Waals surface area contributed by atoms with Crippen LogP contribution in [0, 0.1) is 10.1 Å². The van der Waals surface area contributed by atoms with Gasteiger partial charge in [0.2, 0.25) is 5.91 Å². The van der Waals surface area contributed by atoms with Crippen molar-refractivity contribution in [3.05, 3.63) is 52.2 Å². The lowest BCUT2D eigenvalue weighted by Crippen LogP contribution is -2.21. The van der Waals surface area contributed by atoms with Gasteiger partial charge in [0.15, 0.2) is 6.61 Å². The van der Waals surface area contributed by atoms with Crippen LogP contribution in [0.25, 0.3) is 0 Å². The monoisotopic (exact) mass is 342 g/mol. The second kappa shape index (κ2) is 6.95. The van der Waals surface area contributed by atoms with E-state index in [2.05, 4.69) is 15.6 Å². The number of carbonyl (C=O) groups is 2. The quantitative estimate of drug-likeness (QED) is 0.632. The number of pyridine rings is 1. The van der Waals surface area contributed by atoms with Gasteiger partial charge < -0.3 is 15.4 Å². The molecule has 9 nitrogen and oxygen atoms in total. The molecule has 2 amide bonds. The number of benzene rings is 1. The number of anilines is 2. The molecule has 0 aliphatic carbocycles. The van der Waals surface area contributed by atoms with E-state index >= 15 is 0 Å². The number of nitro groups is 1. The van der Waals surface area contributed by atoms with Crippen LogP contribution in [0.2, 0.25) is 0 Å². The summed E-state index contributed by atoms with van der Waals surface area (Å²) in [4.78, 5) is 37.0. The molecule has 1 aromatic carbocycles. The van der Waals surface area contributed by atoms with Crippen molar-refractivity contribution < 1.29 is 19.2 Å². The Kier molecular flexibility index (Phi) is 4.55. The van der Waals surface area contributed by atoms with E-state index in [4.69, 9.17) is 4.74 Å². The molecule has 0 unspecified atom stereocenters. The highest BCUT2D eigenvalue weighted by molar-refractivity contribution is 5.94. The number of fused-ring (bicyclic) bond motifs is 1. The van der Waals surface area contributed by atoms with E-state index in [0.717, 1.165) is 17.4 Å². The minimum absolute atomic E-state index is 0.0175. The lowest BCUT2D eigenvalue weighted by atomic mass is 10.0. The molecule has 1 aliphatic rings. The SMILES string of the molecule is O=C(COc1ccc2c(c1)CCC(=O)N2)Nc1ccc([N+](=O)[O-])cn1. The van der Waals surface area contributed by atoms with Crippen LogP contribution in [0.15, 0.2) is 36.5 Å². The molecular weight excluding hydrogens is 328 g/mol. The Hall–Kier alpha value is -3.49. The maximum Gasteiger partial charge on any atom is 0.287 e. The molecule has 0 fully saturated rings. The number of aromatic nitrogens is 1. The molecule has 2 aromatic rings. The minimum atomic E-state index is -0.569. The van der Waals surface area contributed by atoms with Crippen LogP contribution in [0.4, 0.5) is 17.2 Å². The van der Waals surface area contributed by atoms with E-state index < -0.39 is 10.8 Å². The Morgan fingerprint density at radius 3 is 2.88 bits per heavy atom. The average Bonchev–Trinajstić information content (AvgIpc) is 2.60. The second-order valence-corrected chi connectivity index (χ2v) is 5.36. The summed E-state index contributed by atoms with van der Waals surface area (Å²) in [5.41, 5.74) is 1.55. The maximum atomic E-state index is 11.9. The van der Waals surface area contributed by atoms with E-state index in [1.54, 1.807) is 18.2 Å².